The summed E-state index contributed by atoms with van der Waals surface area (Å²) in [4.78, 5) is 11.0. The standard InChI is InChI=1S/C16H22N4O/c1-11(2)20(10-13-5-7-14(17)8-6-13)15-9-16(21-4)19-12(3)18-15/h5-9,11H,10,17H2,1-4H3. The maximum Gasteiger partial charge on any atom is 0.218 e. The number of rotatable bonds is 5. The normalized spacial score (nSPS) is 10.7. The van der Waals surface area contributed by atoms with Gasteiger partial charge in [0, 0.05) is 24.3 Å². The third kappa shape index (κ3) is 3.84. The van der Waals surface area contributed by atoms with Crippen LogP contribution >= 0.6 is 0 Å². The van der Waals surface area contributed by atoms with E-state index in [9.17, 15) is 0 Å². The van der Waals surface area contributed by atoms with Gasteiger partial charge in [-0.25, -0.2) is 4.98 Å². The van der Waals surface area contributed by atoms with Crippen molar-refractivity contribution >= 4 is 11.5 Å². The number of aryl methyl sites for hydroxylation is 1. The van der Waals surface area contributed by atoms with Crippen molar-refractivity contribution < 1.29 is 4.74 Å². The van der Waals surface area contributed by atoms with Crippen molar-refractivity contribution in [3.8, 4) is 5.88 Å². The van der Waals surface area contributed by atoms with Crippen LogP contribution in [0.15, 0.2) is 30.3 Å². The molecule has 2 N–H and O–H groups in total. The van der Waals surface area contributed by atoms with Crippen LogP contribution in [0.1, 0.15) is 25.2 Å². The van der Waals surface area contributed by atoms with Gasteiger partial charge in [-0.05, 0) is 38.5 Å². The summed E-state index contributed by atoms with van der Waals surface area (Å²) in [6, 6.07) is 10.1. The first-order chi connectivity index (χ1) is 9.99. The average Bonchev–Trinajstić information content (AvgIpc) is 2.45. The van der Waals surface area contributed by atoms with Crippen LogP contribution in [-0.4, -0.2) is 23.1 Å². The van der Waals surface area contributed by atoms with Gasteiger partial charge in [0.05, 0.1) is 7.11 Å². The summed E-state index contributed by atoms with van der Waals surface area (Å²) in [6.07, 6.45) is 0. The van der Waals surface area contributed by atoms with Crippen LogP contribution in [0.4, 0.5) is 11.5 Å². The van der Waals surface area contributed by atoms with Crippen molar-refractivity contribution in [2.75, 3.05) is 17.7 Å². The zero-order chi connectivity index (χ0) is 15.4. The number of hydrogen-bond donors (Lipinski definition) is 1. The lowest BCUT2D eigenvalue weighted by Gasteiger charge is -2.28. The fraction of sp³-hybridized carbons (Fsp3) is 0.375. The Bertz CT molecular complexity index is 596. The molecule has 0 fully saturated rings. The Morgan fingerprint density at radius 1 is 1.19 bits per heavy atom. The Hall–Kier alpha value is -2.30. The molecule has 112 valence electrons. The van der Waals surface area contributed by atoms with E-state index in [1.54, 1.807) is 7.11 Å². The minimum Gasteiger partial charge on any atom is -0.481 e. The number of benzene rings is 1. The molecule has 5 nitrogen and oxygen atoms in total. The molecule has 1 aromatic carbocycles. The number of anilines is 2. The second-order valence-electron chi connectivity index (χ2n) is 5.28. The van der Waals surface area contributed by atoms with Crippen LogP contribution in [-0.2, 0) is 6.54 Å². The molecule has 0 aliphatic carbocycles. The van der Waals surface area contributed by atoms with Crippen molar-refractivity contribution in [1.29, 1.82) is 0 Å². The molecule has 0 amide bonds. The van der Waals surface area contributed by atoms with E-state index in [-0.39, 0.29) is 0 Å². The van der Waals surface area contributed by atoms with Gasteiger partial charge in [0.1, 0.15) is 11.6 Å². The first-order valence-electron chi connectivity index (χ1n) is 7.00. The number of nitrogens with two attached hydrogens (primary N) is 1. The van der Waals surface area contributed by atoms with Crippen molar-refractivity contribution in [3.05, 3.63) is 41.7 Å². The molecule has 1 aromatic heterocycles. The highest BCUT2D eigenvalue weighted by Crippen LogP contribution is 2.22. The number of ether oxygens (including phenoxy) is 1. The van der Waals surface area contributed by atoms with Crippen molar-refractivity contribution in [1.82, 2.24) is 9.97 Å². The van der Waals surface area contributed by atoms with E-state index in [2.05, 4.69) is 28.7 Å². The van der Waals surface area contributed by atoms with Gasteiger partial charge in [-0.2, -0.15) is 4.98 Å². The highest BCUT2D eigenvalue weighted by Gasteiger charge is 2.15. The smallest absolute Gasteiger partial charge is 0.218 e. The van der Waals surface area contributed by atoms with Gasteiger partial charge in [-0.15, -0.1) is 0 Å². The molecule has 5 heteroatoms. The lowest BCUT2D eigenvalue weighted by molar-refractivity contribution is 0.395. The number of nitrogens with zero attached hydrogens (tertiary/aromatic N) is 3. The molecule has 0 aliphatic heterocycles. The summed E-state index contributed by atoms with van der Waals surface area (Å²) in [7, 11) is 1.62. The van der Waals surface area contributed by atoms with E-state index in [1.807, 2.05) is 37.3 Å². The number of methoxy groups -OCH3 is 1. The zero-order valence-electron chi connectivity index (χ0n) is 13.0. The fourth-order valence-corrected chi connectivity index (χ4v) is 2.12. The molecule has 2 rings (SSSR count). The Kier molecular flexibility index (Phi) is 4.62. The van der Waals surface area contributed by atoms with E-state index < -0.39 is 0 Å². The largest absolute Gasteiger partial charge is 0.481 e. The van der Waals surface area contributed by atoms with Crippen LogP contribution in [0.25, 0.3) is 0 Å². The molecule has 0 saturated heterocycles. The molecule has 0 spiro atoms. The first kappa shape index (κ1) is 15.1. The third-order valence-electron chi connectivity index (χ3n) is 3.26. The van der Waals surface area contributed by atoms with E-state index in [0.717, 1.165) is 18.1 Å². The van der Waals surface area contributed by atoms with Gasteiger partial charge in [-0.1, -0.05) is 12.1 Å². The quantitative estimate of drug-likeness (QED) is 0.856. The van der Waals surface area contributed by atoms with Gasteiger partial charge >= 0.3 is 0 Å². The molecule has 0 atom stereocenters. The van der Waals surface area contributed by atoms with E-state index in [1.165, 1.54) is 5.56 Å². The van der Waals surface area contributed by atoms with Crippen LogP contribution in [0.5, 0.6) is 5.88 Å². The maximum absolute atomic E-state index is 5.74. The minimum atomic E-state index is 0.307. The Labute approximate surface area is 125 Å². The number of hydrogen-bond acceptors (Lipinski definition) is 5. The lowest BCUT2D eigenvalue weighted by Crippen LogP contribution is -2.31. The third-order valence-corrected chi connectivity index (χ3v) is 3.26. The van der Waals surface area contributed by atoms with Gasteiger partial charge in [0.25, 0.3) is 0 Å². The number of aromatic nitrogens is 2. The summed E-state index contributed by atoms with van der Waals surface area (Å²) < 4.78 is 5.24. The molecule has 0 radical (unpaired) electrons. The highest BCUT2D eigenvalue weighted by atomic mass is 16.5. The van der Waals surface area contributed by atoms with Crippen molar-refractivity contribution in [2.24, 2.45) is 0 Å². The van der Waals surface area contributed by atoms with Crippen molar-refractivity contribution in [3.63, 3.8) is 0 Å². The SMILES string of the molecule is COc1cc(N(Cc2ccc(N)cc2)C(C)C)nc(C)n1. The van der Waals surface area contributed by atoms with E-state index in [4.69, 9.17) is 10.5 Å². The van der Waals surface area contributed by atoms with Gasteiger partial charge in [-0.3, -0.25) is 0 Å². The summed E-state index contributed by atoms with van der Waals surface area (Å²) in [5.74, 6) is 2.15. The molecule has 21 heavy (non-hydrogen) atoms. The molecule has 1 heterocycles. The van der Waals surface area contributed by atoms with E-state index in [0.29, 0.717) is 17.7 Å². The summed E-state index contributed by atoms with van der Waals surface area (Å²) in [6.45, 7) is 6.91. The molecule has 0 bridgehead atoms. The van der Waals surface area contributed by atoms with Gasteiger partial charge < -0.3 is 15.4 Å². The van der Waals surface area contributed by atoms with Crippen LogP contribution in [0.3, 0.4) is 0 Å². The van der Waals surface area contributed by atoms with Crippen LogP contribution < -0.4 is 15.4 Å². The monoisotopic (exact) mass is 286 g/mol. The summed E-state index contributed by atoms with van der Waals surface area (Å²) in [5, 5.41) is 0. The molecule has 0 saturated carbocycles. The second-order valence-corrected chi connectivity index (χ2v) is 5.28. The first-order valence-corrected chi connectivity index (χ1v) is 7.00. The summed E-state index contributed by atoms with van der Waals surface area (Å²) in [5.41, 5.74) is 7.70. The predicted octanol–water partition coefficient (Wildman–Crippen LogP) is 2.79. The van der Waals surface area contributed by atoms with Gasteiger partial charge in [0.2, 0.25) is 5.88 Å². The summed E-state index contributed by atoms with van der Waals surface area (Å²) >= 11 is 0. The Morgan fingerprint density at radius 2 is 1.86 bits per heavy atom. The molecular weight excluding hydrogens is 264 g/mol. The van der Waals surface area contributed by atoms with Crippen LogP contribution in [0.2, 0.25) is 0 Å². The van der Waals surface area contributed by atoms with E-state index >= 15 is 0 Å². The van der Waals surface area contributed by atoms with Gasteiger partial charge in [0.15, 0.2) is 0 Å². The Balaban J connectivity index is 2.30. The molecule has 0 aliphatic rings. The number of nitrogen functional groups attached to an aromatic ring is 1. The maximum atomic E-state index is 5.74. The second kappa shape index (κ2) is 6.43. The zero-order valence-corrected chi connectivity index (χ0v) is 13.0. The highest BCUT2D eigenvalue weighted by molar-refractivity contribution is 5.45. The molecule has 2 aromatic rings. The van der Waals surface area contributed by atoms with Crippen molar-refractivity contribution in [2.45, 2.75) is 33.4 Å². The fourth-order valence-electron chi connectivity index (χ4n) is 2.12. The molecule has 0 unspecified atom stereocenters. The average molecular weight is 286 g/mol. The topological polar surface area (TPSA) is 64.3 Å². The molecular formula is C16H22N4O. The Morgan fingerprint density at radius 3 is 2.43 bits per heavy atom. The minimum absolute atomic E-state index is 0.307. The predicted molar refractivity (Wildman–Crippen MR) is 85.5 cm³/mol. The van der Waals surface area contributed by atoms with Crippen LogP contribution in [0, 0.1) is 6.92 Å². The lowest BCUT2D eigenvalue weighted by atomic mass is 10.1.